The number of benzene rings is 1. The van der Waals surface area contributed by atoms with Crippen LogP contribution in [0.1, 0.15) is 61.2 Å². The zero-order valence-electron chi connectivity index (χ0n) is 17.8. The second-order valence-corrected chi connectivity index (χ2v) is 10.0. The number of carbonyl (C=O) groups is 1. The molecule has 162 valence electrons. The number of aryl methyl sites for hydroxylation is 1. The highest BCUT2D eigenvalue weighted by Gasteiger charge is 2.35. The van der Waals surface area contributed by atoms with Gasteiger partial charge in [0.05, 0.1) is 10.7 Å². The lowest BCUT2D eigenvalue weighted by atomic mass is 9.69. The maximum Gasteiger partial charge on any atom is 0.223 e. The van der Waals surface area contributed by atoms with Crippen molar-refractivity contribution in [3.63, 3.8) is 0 Å². The van der Waals surface area contributed by atoms with Gasteiger partial charge in [-0.1, -0.05) is 31.4 Å². The lowest BCUT2D eigenvalue weighted by Crippen LogP contribution is -2.46. The Hall–Kier alpha value is -1.79. The van der Waals surface area contributed by atoms with Crippen LogP contribution in [0.25, 0.3) is 0 Å². The van der Waals surface area contributed by atoms with Gasteiger partial charge in [0.1, 0.15) is 5.82 Å². The quantitative estimate of drug-likeness (QED) is 0.716. The summed E-state index contributed by atoms with van der Waals surface area (Å²) in [7, 11) is 0. The van der Waals surface area contributed by atoms with Crippen LogP contribution in [0, 0.1) is 18.7 Å². The first kappa shape index (κ1) is 21.4. The summed E-state index contributed by atoms with van der Waals surface area (Å²) < 4.78 is 13.4. The number of aromatic nitrogens is 1. The highest BCUT2D eigenvalue weighted by Crippen LogP contribution is 2.39. The average molecular weight is 430 g/mol. The van der Waals surface area contributed by atoms with Crippen LogP contribution in [0.15, 0.2) is 29.6 Å². The molecule has 1 N–H and O–H groups in total. The summed E-state index contributed by atoms with van der Waals surface area (Å²) in [5.41, 5.74) is 2.25. The molecule has 2 heterocycles. The number of thiazole rings is 1. The molecule has 1 saturated heterocycles. The number of halogens is 1. The van der Waals surface area contributed by atoms with Crippen LogP contribution in [0.5, 0.6) is 0 Å². The number of likely N-dealkylation sites (tertiary alicyclic amines) is 1. The van der Waals surface area contributed by atoms with Crippen molar-refractivity contribution in [1.29, 1.82) is 0 Å². The van der Waals surface area contributed by atoms with E-state index in [9.17, 15) is 9.18 Å². The van der Waals surface area contributed by atoms with Crippen molar-refractivity contribution in [3.8, 4) is 0 Å². The third-order valence-electron chi connectivity index (χ3n) is 6.88. The average Bonchev–Trinajstić information content (AvgIpc) is 3.18. The predicted octanol–water partition coefficient (Wildman–Crippen LogP) is 4.82. The van der Waals surface area contributed by atoms with Crippen molar-refractivity contribution in [2.75, 3.05) is 19.6 Å². The molecule has 2 fully saturated rings. The second kappa shape index (κ2) is 9.56. The van der Waals surface area contributed by atoms with Gasteiger partial charge >= 0.3 is 0 Å². The lowest BCUT2D eigenvalue weighted by molar-refractivity contribution is -0.126. The number of rotatable bonds is 6. The van der Waals surface area contributed by atoms with Crippen LogP contribution in [-0.4, -0.2) is 35.4 Å². The van der Waals surface area contributed by atoms with Gasteiger partial charge in [-0.15, -0.1) is 11.3 Å². The second-order valence-electron chi connectivity index (χ2n) is 8.97. The Labute approximate surface area is 182 Å². The Morgan fingerprint density at radius 3 is 2.53 bits per heavy atom. The number of amides is 1. The summed E-state index contributed by atoms with van der Waals surface area (Å²) in [6.45, 7) is 5.47. The van der Waals surface area contributed by atoms with Gasteiger partial charge in [0.15, 0.2) is 0 Å². The summed E-state index contributed by atoms with van der Waals surface area (Å²) in [4.78, 5) is 19.9. The summed E-state index contributed by atoms with van der Waals surface area (Å²) in [6.07, 6.45) is 7.50. The third-order valence-corrected chi connectivity index (χ3v) is 7.70. The van der Waals surface area contributed by atoms with E-state index >= 15 is 0 Å². The Morgan fingerprint density at radius 2 is 1.90 bits per heavy atom. The van der Waals surface area contributed by atoms with Crippen molar-refractivity contribution >= 4 is 17.2 Å². The maximum atomic E-state index is 13.4. The Morgan fingerprint density at radius 1 is 1.20 bits per heavy atom. The summed E-state index contributed by atoms with van der Waals surface area (Å²) in [5.74, 6) is 0.0757. The van der Waals surface area contributed by atoms with E-state index in [1.807, 2.05) is 19.1 Å². The molecular weight excluding hydrogens is 397 g/mol. The van der Waals surface area contributed by atoms with Gasteiger partial charge in [-0.25, -0.2) is 9.37 Å². The van der Waals surface area contributed by atoms with Gasteiger partial charge in [0.2, 0.25) is 5.91 Å². The van der Waals surface area contributed by atoms with Crippen molar-refractivity contribution in [2.24, 2.45) is 5.92 Å². The van der Waals surface area contributed by atoms with Gasteiger partial charge in [-0.2, -0.15) is 0 Å². The molecule has 30 heavy (non-hydrogen) atoms. The van der Waals surface area contributed by atoms with Gasteiger partial charge in [-0.05, 0) is 63.4 Å². The van der Waals surface area contributed by atoms with Crippen molar-refractivity contribution in [3.05, 3.63) is 51.7 Å². The first-order valence-electron chi connectivity index (χ1n) is 11.2. The van der Waals surface area contributed by atoms with Crippen molar-refractivity contribution in [1.82, 2.24) is 15.2 Å². The molecule has 4 nitrogen and oxygen atoms in total. The van der Waals surface area contributed by atoms with E-state index in [0.29, 0.717) is 6.54 Å². The molecule has 1 amide bonds. The van der Waals surface area contributed by atoms with E-state index in [4.69, 9.17) is 0 Å². The molecule has 1 aliphatic heterocycles. The Balaban J connectivity index is 1.31. The number of hydrogen-bond donors (Lipinski definition) is 1. The van der Waals surface area contributed by atoms with E-state index in [2.05, 4.69) is 20.6 Å². The smallest absolute Gasteiger partial charge is 0.223 e. The summed E-state index contributed by atoms with van der Waals surface area (Å²) in [5, 5.41) is 6.52. The molecule has 6 heteroatoms. The number of nitrogens with one attached hydrogen (secondary N) is 1. The molecule has 2 aliphatic rings. The van der Waals surface area contributed by atoms with Crippen LogP contribution in [0.2, 0.25) is 0 Å². The monoisotopic (exact) mass is 429 g/mol. The topological polar surface area (TPSA) is 45.2 Å². The van der Waals surface area contributed by atoms with E-state index < -0.39 is 0 Å². The molecule has 1 aliphatic carbocycles. The zero-order valence-corrected chi connectivity index (χ0v) is 18.6. The molecule has 0 unspecified atom stereocenters. The molecule has 1 aromatic heterocycles. The molecule has 1 saturated carbocycles. The van der Waals surface area contributed by atoms with Crippen LogP contribution >= 0.6 is 11.3 Å². The Bertz CT molecular complexity index is 836. The highest BCUT2D eigenvalue weighted by molar-refractivity contribution is 7.09. The standard InChI is InChI=1S/C24H32FN3OS/c1-18-27-22(16-30-18)15-28-13-9-19(10-14-28)23(29)26-17-24(11-3-2-4-12-24)20-5-7-21(25)8-6-20/h5-8,16,19H,2-4,9-15,17H2,1H3,(H,26,29). The minimum absolute atomic E-state index is 0.0508. The van der Waals surface area contributed by atoms with Gasteiger partial charge < -0.3 is 5.32 Å². The van der Waals surface area contributed by atoms with Crippen LogP contribution in [-0.2, 0) is 16.8 Å². The van der Waals surface area contributed by atoms with Crippen molar-refractivity contribution in [2.45, 2.75) is 63.8 Å². The van der Waals surface area contributed by atoms with Gasteiger partial charge in [-0.3, -0.25) is 9.69 Å². The number of piperidine rings is 1. The van der Waals surface area contributed by atoms with Crippen LogP contribution in [0.3, 0.4) is 0 Å². The molecule has 1 aromatic carbocycles. The molecular formula is C24H32FN3OS. The normalized spacial score (nSPS) is 20.2. The van der Waals surface area contributed by atoms with Gasteiger partial charge in [0, 0.05) is 29.8 Å². The minimum Gasteiger partial charge on any atom is -0.355 e. The zero-order chi connectivity index (χ0) is 21.0. The molecule has 0 spiro atoms. The number of nitrogens with zero attached hydrogens (tertiary/aromatic N) is 2. The van der Waals surface area contributed by atoms with Crippen molar-refractivity contribution < 1.29 is 9.18 Å². The fourth-order valence-electron chi connectivity index (χ4n) is 5.06. The molecule has 0 bridgehead atoms. The summed E-state index contributed by atoms with van der Waals surface area (Å²) >= 11 is 1.69. The first-order valence-corrected chi connectivity index (χ1v) is 12.1. The maximum absolute atomic E-state index is 13.4. The minimum atomic E-state index is -0.201. The van der Waals surface area contributed by atoms with E-state index in [1.165, 1.54) is 19.3 Å². The molecule has 4 rings (SSSR count). The van der Waals surface area contributed by atoms with E-state index in [-0.39, 0.29) is 23.1 Å². The highest BCUT2D eigenvalue weighted by atomic mass is 32.1. The molecule has 2 aromatic rings. The molecule has 0 radical (unpaired) electrons. The lowest BCUT2D eigenvalue weighted by Gasteiger charge is -2.39. The van der Waals surface area contributed by atoms with E-state index in [1.54, 1.807) is 23.5 Å². The summed E-state index contributed by atoms with van der Waals surface area (Å²) in [6, 6.07) is 6.91. The van der Waals surface area contributed by atoms with Crippen LogP contribution in [0.4, 0.5) is 4.39 Å². The fourth-order valence-corrected chi connectivity index (χ4v) is 5.67. The van der Waals surface area contributed by atoms with Crippen LogP contribution < -0.4 is 5.32 Å². The number of hydrogen-bond acceptors (Lipinski definition) is 4. The van der Waals surface area contributed by atoms with E-state index in [0.717, 1.165) is 61.6 Å². The number of carbonyl (C=O) groups excluding carboxylic acids is 1. The fraction of sp³-hybridized carbons (Fsp3) is 0.583. The predicted molar refractivity (Wildman–Crippen MR) is 119 cm³/mol. The first-order chi connectivity index (χ1) is 14.5. The Kier molecular flexibility index (Phi) is 6.84. The van der Waals surface area contributed by atoms with Gasteiger partial charge in [0.25, 0.3) is 0 Å². The largest absolute Gasteiger partial charge is 0.355 e. The SMILES string of the molecule is Cc1nc(CN2CCC(C(=O)NCC3(c4ccc(F)cc4)CCCCC3)CC2)cs1. The third kappa shape index (κ3) is 5.09. The molecule has 0 atom stereocenters.